The maximum absolute atomic E-state index is 11.9. The van der Waals surface area contributed by atoms with Crippen molar-refractivity contribution in [2.75, 3.05) is 17.4 Å². The molecule has 1 aliphatic rings. The van der Waals surface area contributed by atoms with Gasteiger partial charge in [0.2, 0.25) is 6.79 Å². The normalized spacial score (nSPS) is 11.9. The van der Waals surface area contributed by atoms with E-state index >= 15 is 0 Å². The first-order valence-corrected chi connectivity index (χ1v) is 6.56. The molecule has 1 aliphatic heterocycles. The first kappa shape index (κ1) is 13.9. The lowest BCUT2D eigenvalue weighted by Crippen LogP contribution is -2.29. The Balaban J connectivity index is 1.65. The van der Waals surface area contributed by atoms with Crippen molar-refractivity contribution < 1.29 is 19.1 Å². The summed E-state index contributed by atoms with van der Waals surface area (Å²) in [5.74, 6) is -0.131. The molecule has 1 aromatic carbocycles. The van der Waals surface area contributed by atoms with Gasteiger partial charge in [0.1, 0.15) is 5.82 Å². The summed E-state index contributed by atoms with van der Waals surface area (Å²) in [4.78, 5) is 27.7. The number of amides is 2. The van der Waals surface area contributed by atoms with Crippen molar-refractivity contribution in [2.24, 2.45) is 0 Å². The SMILES string of the molecule is Cc1ccnc(NC(=O)C(=O)Nc2ccc3c(c2)OCO3)c1. The van der Waals surface area contributed by atoms with E-state index in [9.17, 15) is 9.59 Å². The van der Waals surface area contributed by atoms with Gasteiger partial charge in [0.05, 0.1) is 0 Å². The molecule has 0 saturated carbocycles. The summed E-state index contributed by atoms with van der Waals surface area (Å²) < 4.78 is 10.4. The Morgan fingerprint density at radius 2 is 1.82 bits per heavy atom. The van der Waals surface area contributed by atoms with E-state index in [2.05, 4.69) is 15.6 Å². The van der Waals surface area contributed by atoms with Crippen LogP contribution in [-0.2, 0) is 9.59 Å². The average molecular weight is 299 g/mol. The van der Waals surface area contributed by atoms with Crippen LogP contribution >= 0.6 is 0 Å². The number of hydrogen-bond donors (Lipinski definition) is 2. The van der Waals surface area contributed by atoms with E-state index in [0.717, 1.165) is 5.56 Å². The van der Waals surface area contributed by atoms with Gasteiger partial charge in [-0.25, -0.2) is 4.98 Å². The number of aryl methyl sites for hydroxylation is 1. The fraction of sp³-hybridized carbons (Fsp3) is 0.133. The van der Waals surface area contributed by atoms with Crippen LogP contribution in [0.25, 0.3) is 0 Å². The third-order valence-electron chi connectivity index (χ3n) is 2.99. The molecular formula is C15H13N3O4. The molecule has 7 heteroatoms. The number of anilines is 2. The predicted molar refractivity (Wildman–Crippen MR) is 78.8 cm³/mol. The van der Waals surface area contributed by atoms with Gasteiger partial charge in [-0.3, -0.25) is 9.59 Å². The van der Waals surface area contributed by atoms with Gasteiger partial charge in [-0.15, -0.1) is 0 Å². The number of aromatic nitrogens is 1. The van der Waals surface area contributed by atoms with Gasteiger partial charge in [0.25, 0.3) is 0 Å². The zero-order chi connectivity index (χ0) is 15.5. The van der Waals surface area contributed by atoms with Crippen molar-refractivity contribution in [2.45, 2.75) is 6.92 Å². The van der Waals surface area contributed by atoms with Gasteiger partial charge in [-0.2, -0.15) is 0 Å². The second-order valence-electron chi connectivity index (χ2n) is 4.69. The lowest BCUT2D eigenvalue weighted by molar-refractivity contribution is -0.133. The minimum Gasteiger partial charge on any atom is -0.454 e. The number of ether oxygens (including phenoxy) is 2. The molecule has 2 N–H and O–H groups in total. The first-order valence-electron chi connectivity index (χ1n) is 6.56. The molecule has 112 valence electrons. The number of nitrogens with one attached hydrogen (secondary N) is 2. The Hall–Kier alpha value is -3.09. The van der Waals surface area contributed by atoms with Crippen molar-refractivity contribution in [3.8, 4) is 11.5 Å². The molecule has 22 heavy (non-hydrogen) atoms. The lowest BCUT2D eigenvalue weighted by Gasteiger charge is -2.07. The fourth-order valence-corrected chi connectivity index (χ4v) is 1.94. The topological polar surface area (TPSA) is 89.6 Å². The van der Waals surface area contributed by atoms with Crippen molar-refractivity contribution in [3.05, 3.63) is 42.1 Å². The molecule has 2 aromatic rings. The Kier molecular flexibility index (Phi) is 3.61. The summed E-state index contributed by atoms with van der Waals surface area (Å²) in [5.41, 5.74) is 1.38. The molecule has 0 unspecified atom stereocenters. The van der Waals surface area contributed by atoms with Crippen molar-refractivity contribution >= 4 is 23.3 Å². The Morgan fingerprint density at radius 1 is 1.05 bits per heavy atom. The van der Waals surface area contributed by atoms with Crippen LogP contribution in [0.2, 0.25) is 0 Å². The highest BCUT2D eigenvalue weighted by Crippen LogP contribution is 2.34. The van der Waals surface area contributed by atoms with Crippen molar-refractivity contribution in [3.63, 3.8) is 0 Å². The number of rotatable bonds is 2. The quantitative estimate of drug-likeness (QED) is 0.824. The number of hydrogen-bond acceptors (Lipinski definition) is 5. The minimum atomic E-state index is -0.796. The summed E-state index contributed by atoms with van der Waals surface area (Å²) >= 11 is 0. The molecule has 0 radical (unpaired) electrons. The van der Waals surface area contributed by atoms with Crippen LogP contribution in [0.15, 0.2) is 36.5 Å². The molecule has 2 amide bonds. The van der Waals surface area contributed by atoms with Crippen LogP contribution in [-0.4, -0.2) is 23.6 Å². The highest BCUT2D eigenvalue weighted by atomic mass is 16.7. The average Bonchev–Trinajstić information content (AvgIpc) is 2.94. The molecule has 0 atom stereocenters. The van der Waals surface area contributed by atoms with E-state index in [0.29, 0.717) is 23.0 Å². The van der Waals surface area contributed by atoms with Crippen LogP contribution in [0, 0.1) is 6.92 Å². The molecule has 0 spiro atoms. The largest absolute Gasteiger partial charge is 0.454 e. The van der Waals surface area contributed by atoms with Crippen LogP contribution in [0.5, 0.6) is 11.5 Å². The van der Waals surface area contributed by atoms with E-state index < -0.39 is 11.8 Å². The highest BCUT2D eigenvalue weighted by molar-refractivity contribution is 6.43. The number of pyridine rings is 1. The van der Waals surface area contributed by atoms with Gasteiger partial charge in [0.15, 0.2) is 11.5 Å². The standard InChI is InChI=1S/C15H13N3O4/c1-9-4-5-16-13(6-9)18-15(20)14(19)17-10-2-3-11-12(7-10)22-8-21-11/h2-7H,8H2,1H3,(H,17,19)(H,16,18,20). The summed E-state index contributed by atoms with van der Waals surface area (Å²) in [5, 5.41) is 4.93. The highest BCUT2D eigenvalue weighted by Gasteiger charge is 2.17. The van der Waals surface area contributed by atoms with Gasteiger partial charge in [0, 0.05) is 18.0 Å². The van der Waals surface area contributed by atoms with Gasteiger partial charge < -0.3 is 20.1 Å². The summed E-state index contributed by atoms with van der Waals surface area (Å²) in [6.45, 7) is 2.01. The van der Waals surface area contributed by atoms with E-state index in [1.54, 1.807) is 36.5 Å². The molecule has 0 saturated heterocycles. The number of benzene rings is 1. The Bertz CT molecular complexity index is 745. The summed E-state index contributed by atoms with van der Waals surface area (Å²) in [6, 6.07) is 8.36. The Morgan fingerprint density at radius 3 is 2.64 bits per heavy atom. The van der Waals surface area contributed by atoms with Crippen molar-refractivity contribution in [1.82, 2.24) is 4.98 Å². The Labute approximate surface area is 126 Å². The van der Waals surface area contributed by atoms with E-state index in [1.165, 1.54) is 0 Å². The number of carbonyl (C=O) groups excluding carboxylic acids is 2. The number of nitrogens with zero attached hydrogens (tertiary/aromatic N) is 1. The first-order chi connectivity index (χ1) is 10.6. The molecule has 3 rings (SSSR count). The molecule has 2 heterocycles. The zero-order valence-electron chi connectivity index (χ0n) is 11.8. The minimum absolute atomic E-state index is 0.145. The van der Waals surface area contributed by atoms with E-state index in [1.807, 2.05) is 6.92 Å². The zero-order valence-corrected chi connectivity index (χ0v) is 11.8. The van der Waals surface area contributed by atoms with E-state index in [-0.39, 0.29) is 6.79 Å². The van der Waals surface area contributed by atoms with Gasteiger partial charge in [-0.1, -0.05) is 0 Å². The molecular weight excluding hydrogens is 286 g/mol. The predicted octanol–water partition coefficient (Wildman–Crippen LogP) is 1.70. The second kappa shape index (κ2) is 5.72. The fourth-order valence-electron chi connectivity index (χ4n) is 1.94. The van der Waals surface area contributed by atoms with E-state index in [4.69, 9.17) is 9.47 Å². The lowest BCUT2D eigenvalue weighted by atomic mass is 10.2. The molecule has 0 fully saturated rings. The van der Waals surface area contributed by atoms with Crippen LogP contribution in [0.4, 0.5) is 11.5 Å². The monoisotopic (exact) mass is 299 g/mol. The van der Waals surface area contributed by atoms with Gasteiger partial charge >= 0.3 is 11.8 Å². The smallest absolute Gasteiger partial charge is 0.315 e. The van der Waals surface area contributed by atoms with Gasteiger partial charge in [-0.05, 0) is 36.8 Å². The maximum Gasteiger partial charge on any atom is 0.315 e. The van der Waals surface area contributed by atoms with Crippen LogP contribution in [0.3, 0.4) is 0 Å². The number of fused-ring (bicyclic) bond motifs is 1. The third-order valence-corrected chi connectivity index (χ3v) is 2.99. The maximum atomic E-state index is 11.9. The summed E-state index contributed by atoms with van der Waals surface area (Å²) in [7, 11) is 0. The summed E-state index contributed by atoms with van der Waals surface area (Å²) in [6.07, 6.45) is 1.56. The molecule has 0 bridgehead atoms. The second-order valence-corrected chi connectivity index (χ2v) is 4.69. The van der Waals surface area contributed by atoms with Crippen LogP contribution in [0.1, 0.15) is 5.56 Å². The van der Waals surface area contributed by atoms with Crippen LogP contribution < -0.4 is 20.1 Å². The molecule has 1 aromatic heterocycles. The molecule has 0 aliphatic carbocycles. The third kappa shape index (κ3) is 2.98. The number of carbonyl (C=O) groups is 2. The molecule has 7 nitrogen and oxygen atoms in total. The van der Waals surface area contributed by atoms with Crippen molar-refractivity contribution in [1.29, 1.82) is 0 Å².